The van der Waals surface area contributed by atoms with E-state index in [2.05, 4.69) is 4.98 Å². The van der Waals surface area contributed by atoms with Gasteiger partial charge in [-0.2, -0.15) is 0 Å². The quantitative estimate of drug-likeness (QED) is 0.269. The number of para-hydroxylation sites is 1. The van der Waals surface area contributed by atoms with Crippen molar-refractivity contribution in [1.82, 2.24) is 14.8 Å². The number of H-pyrrole nitrogens is 1. The third kappa shape index (κ3) is 4.51. The Morgan fingerprint density at radius 2 is 1.95 bits per heavy atom. The summed E-state index contributed by atoms with van der Waals surface area (Å²) in [5.74, 6) is -2.55. The first-order valence-electron chi connectivity index (χ1n) is 11.3. The van der Waals surface area contributed by atoms with E-state index < -0.39 is 35.8 Å². The molecule has 2 N–H and O–H groups in total. The Hall–Kier alpha value is -3.96. The number of nitrogens with zero attached hydrogens (tertiary/aromatic N) is 2. The zero-order chi connectivity index (χ0) is 26.3. The third-order valence-electron chi connectivity index (χ3n) is 6.39. The van der Waals surface area contributed by atoms with E-state index in [0.717, 1.165) is 38.0 Å². The van der Waals surface area contributed by atoms with Crippen LogP contribution in [0.25, 0.3) is 17.0 Å². The predicted octanol–water partition coefficient (Wildman–Crippen LogP) is 3.20. The van der Waals surface area contributed by atoms with Gasteiger partial charge in [0, 0.05) is 23.5 Å². The summed E-state index contributed by atoms with van der Waals surface area (Å²) in [6, 6.07) is 11.8. The molecule has 3 amide bonds. The fourth-order valence-corrected chi connectivity index (χ4v) is 5.92. The highest BCUT2D eigenvalue weighted by Gasteiger charge is 2.51. The molecule has 2 aliphatic heterocycles. The Kier molecular flexibility index (Phi) is 6.57. The molecule has 0 saturated carbocycles. The number of carbonyl (C=O) groups is 4. The molecule has 2 aliphatic rings. The number of hydrogen-bond donors (Lipinski definition) is 2. The lowest BCUT2D eigenvalue weighted by molar-refractivity contribution is -0.154. The monoisotopic (exact) mass is 535 g/mol. The lowest BCUT2D eigenvalue weighted by Gasteiger charge is -2.25. The number of hydrogen-bond acceptors (Lipinski definition) is 7. The van der Waals surface area contributed by atoms with Crippen LogP contribution in [0.5, 0.6) is 5.75 Å². The van der Waals surface area contributed by atoms with Crippen molar-refractivity contribution in [2.75, 3.05) is 7.11 Å². The summed E-state index contributed by atoms with van der Waals surface area (Å²) in [5, 5.41) is 10.8. The van der Waals surface area contributed by atoms with Gasteiger partial charge in [0.1, 0.15) is 22.2 Å². The Morgan fingerprint density at radius 1 is 1.22 bits per heavy atom. The molecular formula is C26H21N3O6S2. The summed E-state index contributed by atoms with van der Waals surface area (Å²) in [6.45, 7) is 0. The number of thioether (sulfide) groups is 1. The van der Waals surface area contributed by atoms with Crippen LogP contribution < -0.4 is 4.74 Å². The van der Waals surface area contributed by atoms with Gasteiger partial charge in [0.2, 0.25) is 5.91 Å². The minimum Gasteiger partial charge on any atom is -0.497 e. The maximum atomic E-state index is 13.4. The Balaban J connectivity index is 1.38. The van der Waals surface area contributed by atoms with E-state index in [1.54, 1.807) is 43.6 Å². The summed E-state index contributed by atoms with van der Waals surface area (Å²) in [4.78, 5) is 57.1. The molecule has 0 radical (unpaired) electrons. The molecule has 2 aromatic carbocycles. The van der Waals surface area contributed by atoms with Crippen LogP contribution in [0.1, 0.15) is 17.5 Å². The minimum absolute atomic E-state index is 0.0701. The zero-order valence-electron chi connectivity index (χ0n) is 19.5. The molecule has 37 heavy (non-hydrogen) atoms. The van der Waals surface area contributed by atoms with Gasteiger partial charge in [0.05, 0.1) is 18.4 Å². The second-order valence-electron chi connectivity index (χ2n) is 8.56. The lowest BCUT2D eigenvalue weighted by atomic mass is 10.0. The standard InChI is InChI=1S/C26H21N3O6S2/c1-35-16-8-6-14(7-9-16)10-21-24(32)29(26(36)37-21)19-12-22(30)28(23(19)31)20(25(33)34)11-15-13-27-18-5-3-2-4-17(15)18/h2-10,13,19-20,27H,11-12H2,1H3,(H,33,34). The van der Waals surface area contributed by atoms with Crippen molar-refractivity contribution >= 4 is 69.0 Å². The number of imide groups is 1. The average Bonchev–Trinajstić information content (AvgIpc) is 3.51. The predicted molar refractivity (Wildman–Crippen MR) is 142 cm³/mol. The van der Waals surface area contributed by atoms with Crippen LogP contribution in [0.3, 0.4) is 0 Å². The van der Waals surface area contributed by atoms with E-state index in [0.29, 0.717) is 16.2 Å². The number of aromatic nitrogens is 1. The molecule has 188 valence electrons. The van der Waals surface area contributed by atoms with Crippen LogP contribution >= 0.6 is 24.0 Å². The van der Waals surface area contributed by atoms with Crippen molar-refractivity contribution in [3.63, 3.8) is 0 Å². The second-order valence-corrected chi connectivity index (χ2v) is 10.2. The van der Waals surface area contributed by atoms with Crippen LogP contribution in [0.15, 0.2) is 59.6 Å². The van der Waals surface area contributed by atoms with Gasteiger partial charge < -0.3 is 14.8 Å². The molecule has 2 fully saturated rings. The number of methoxy groups -OCH3 is 1. The summed E-state index contributed by atoms with van der Waals surface area (Å²) in [7, 11) is 1.55. The molecule has 0 aliphatic carbocycles. The molecule has 2 saturated heterocycles. The Bertz CT molecular complexity index is 1480. The highest BCUT2D eigenvalue weighted by Crippen LogP contribution is 2.37. The number of ether oxygens (including phenoxy) is 1. The van der Waals surface area contributed by atoms with Gasteiger partial charge in [-0.05, 0) is 35.4 Å². The fourth-order valence-electron chi connectivity index (χ4n) is 4.56. The molecule has 1 aromatic heterocycles. The molecule has 3 aromatic rings. The number of benzene rings is 2. The number of amides is 3. The van der Waals surface area contributed by atoms with Gasteiger partial charge in [0.25, 0.3) is 11.8 Å². The summed E-state index contributed by atoms with van der Waals surface area (Å²) < 4.78 is 5.28. The number of likely N-dealkylation sites (tertiary alicyclic amines) is 1. The number of aromatic amines is 1. The molecule has 0 spiro atoms. The van der Waals surface area contributed by atoms with Crippen molar-refractivity contribution < 1.29 is 29.0 Å². The fraction of sp³-hybridized carbons (Fsp3) is 0.192. The van der Waals surface area contributed by atoms with Crippen molar-refractivity contribution in [1.29, 1.82) is 0 Å². The van der Waals surface area contributed by atoms with E-state index in [1.165, 1.54) is 0 Å². The van der Waals surface area contributed by atoms with Crippen molar-refractivity contribution in [3.05, 3.63) is 70.8 Å². The topological polar surface area (TPSA) is 120 Å². The molecule has 11 heteroatoms. The summed E-state index contributed by atoms with van der Waals surface area (Å²) >= 11 is 6.42. The highest BCUT2D eigenvalue weighted by molar-refractivity contribution is 8.26. The van der Waals surface area contributed by atoms with Crippen molar-refractivity contribution in [2.24, 2.45) is 0 Å². The highest BCUT2D eigenvalue weighted by atomic mass is 32.2. The Morgan fingerprint density at radius 3 is 2.65 bits per heavy atom. The van der Waals surface area contributed by atoms with Gasteiger partial charge in [-0.15, -0.1) is 0 Å². The summed E-state index contributed by atoms with van der Waals surface area (Å²) in [6.07, 6.45) is 2.92. The third-order valence-corrected chi connectivity index (χ3v) is 7.72. The summed E-state index contributed by atoms with van der Waals surface area (Å²) in [5.41, 5.74) is 2.22. The molecule has 2 unspecified atom stereocenters. The maximum Gasteiger partial charge on any atom is 0.327 e. The van der Waals surface area contributed by atoms with Crippen molar-refractivity contribution in [2.45, 2.75) is 24.9 Å². The lowest BCUT2D eigenvalue weighted by Crippen LogP contribution is -2.50. The van der Waals surface area contributed by atoms with Crippen LogP contribution in [0.4, 0.5) is 0 Å². The first kappa shape index (κ1) is 24.7. The molecule has 9 nitrogen and oxygen atoms in total. The molecule has 2 atom stereocenters. The number of carboxylic acid groups (broad SMARTS) is 1. The number of aliphatic carboxylic acids is 1. The average molecular weight is 536 g/mol. The number of fused-ring (bicyclic) bond motifs is 1. The van der Waals surface area contributed by atoms with Crippen LogP contribution in [-0.4, -0.2) is 67.1 Å². The first-order valence-corrected chi connectivity index (χ1v) is 12.6. The minimum atomic E-state index is -1.42. The van der Waals surface area contributed by atoms with Gasteiger partial charge in [-0.3, -0.25) is 24.2 Å². The largest absolute Gasteiger partial charge is 0.497 e. The Labute approximate surface area is 221 Å². The number of rotatable bonds is 7. The molecule has 0 bridgehead atoms. The van der Waals surface area contributed by atoms with Gasteiger partial charge in [0.15, 0.2) is 0 Å². The van der Waals surface area contributed by atoms with Crippen LogP contribution in [0.2, 0.25) is 0 Å². The van der Waals surface area contributed by atoms with Crippen molar-refractivity contribution in [3.8, 4) is 5.75 Å². The number of thiocarbonyl (C=S) groups is 1. The number of carbonyl (C=O) groups excluding carboxylic acids is 3. The van der Waals surface area contributed by atoms with E-state index in [-0.39, 0.29) is 17.2 Å². The van der Waals surface area contributed by atoms with E-state index in [4.69, 9.17) is 17.0 Å². The molecule has 5 rings (SSSR count). The van der Waals surface area contributed by atoms with Crippen LogP contribution in [0, 0.1) is 0 Å². The van der Waals surface area contributed by atoms with Gasteiger partial charge in [-0.1, -0.05) is 54.3 Å². The first-order chi connectivity index (χ1) is 17.8. The normalized spacial score (nSPS) is 19.9. The molecule has 3 heterocycles. The van der Waals surface area contributed by atoms with Gasteiger partial charge >= 0.3 is 5.97 Å². The zero-order valence-corrected chi connectivity index (χ0v) is 21.2. The smallest absolute Gasteiger partial charge is 0.327 e. The number of carboxylic acids is 1. The molecular weight excluding hydrogens is 514 g/mol. The van der Waals surface area contributed by atoms with E-state index >= 15 is 0 Å². The number of nitrogens with one attached hydrogen (secondary N) is 1. The van der Waals surface area contributed by atoms with Crippen LogP contribution in [-0.2, 0) is 25.6 Å². The maximum absolute atomic E-state index is 13.4. The van der Waals surface area contributed by atoms with Gasteiger partial charge in [-0.25, -0.2) is 4.79 Å². The van der Waals surface area contributed by atoms with E-state index in [9.17, 15) is 24.3 Å². The SMILES string of the molecule is COc1ccc(C=C2SC(=S)N(C3CC(=O)N(C(Cc4c[nH]c5ccccc45)C(=O)O)C3=O)C2=O)cc1. The second kappa shape index (κ2) is 9.83. The van der Waals surface area contributed by atoms with E-state index in [1.807, 2.05) is 24.3 Å².